The molecule has 1 N–H and O–H groups in total. The van der Waals surface area contributed by atoms with E-state index < -0.39 is 0 Å². The molecule has 1 saturated carbocycles. The maximum atomic E-state index is 5.74. The normalized spacial score (nSPS) is 35.7. The molecule has 19 heavy (non-hydrogen) atoms. The molecule has 1 saturated heterocycles. The van der Waals surface area contributed by atoms with Crippen molar-refractivity contribution in [2.45, 2.75) is 83.3 Å². The summed E-state index contributed by atoms with van der Waals surface area (Å²) in [7, 11) is 2.15. The third kappa shape index (κ3) is 4.75. The van der Waals surface area contributed by atoms with Crippen LogP contribution >= 0.6 is 0 Å². The van der Waals surface area contributed by atoms with Crippen LogP contribution in [0.2, 0.25) is 0 Å². The minimum Gasteiger partial charge on any atom is -0.378 e. The molecule has 4 atom stereocenters. The van der Waals surface area contributed by atoms with Gasteiger partial charge in [0, 0.05) is 12.6 Å². The van der Waals surface area contributed by atoms with Crippen molar-refractivity contribution in [3.63, 3.8) is 0 Å². The van der Waals surface area contributed by atoms with Gasteiger partial charge in [-0.2, -0.15) is 0 Å². The van der Waals surface area contributed by atoms with Crippen molar-refractivity contribution in [3.8, 4) is 0 Å². The van der Waals surface area contributed by atoms with E-state index in [1.165, 1.54) is 64.2 Å². The van der Waals surface area contributed by atoms with Crippen molar-refractivity contribution in [1.82, 2.24) is 5.32 Å². The number of hydrogen-bond donors (Lipinski definition) is 1. The lowest BCUT2D eigenvalue weighted by Crippen LogP contribution is -2.38. The Balaban J connectivity index is 1.70. The number of nitrogens with one attached hydrogen (secondary N) is 1. The van der Waals surface area contributed by atoms with Crippen LogP contribution < -0.4 is 5.32 Å². The molecule has 2 heteroatoms. The molecule has 0 aromatic carbocycles. The van der Waals surface area contributed by atoms with E-state index in [9.17, 15) is 0 Å². The second-order valence-corrected chi connectivity index (χ2v) is 6.69. The Labute approximate surface area is 119 Å². The van der Waals surface area contributed by atoms with Gasteiger partial charge in [-0.1, -0.05) is 26.2 Å². The minimum absolute atomic E-state index is 0.586. The van der Waals surface area contributed by atoms with Crippen LogP contribution in [0, 0.1) is 11.8 Å². The van der Waals surface area contributed by atoms with Crippen molar-refractivity contribution >= 4 is 0 Å². The molecule has 1 aliphatic carbocycles. The summed E-state index contributed by atoms with van der Waals surface area (Å²) in [6.07, 6.45) is 14.4. The Hall–Kier alpha value is -0.0800. The first-order valence-corrected chi connectivity index (χ1v) is 8.62. The van der Waals surface area contributed by atoms with E-state index in [0.29, 0.717) is 6.10 Å². The van der Waals surface area contributed by atoms with Gasteiger partial charge in [0.2, 0.25) is 0 Å². The van der Waals surface area contributed by atoms with Crippen LogP contribution in [0.15, 0.2) is 0 Å². The maximum Gasteiger partial charge on any atom is 0.0576 e. The lowest BCUT2D eigenvalue weighted by Gasteiger charge is -2.36. The van der Waals surface area contributed by atoms with E-state index in [1.54, 1.807) is 0 Å². The second-order valence-electron chi connectivity index (χ2n) is 6.69. The summed E-state index contributed by atoms with van der Waals surface area (Å²) in [6, 6.07) is 0.776. The van der Waals surface area contributed by atoms with E-state index in [4.69, 9.17) is 4.74 Å². The number of hydrogen-bond acceptors (Lipinski definition) is 2. The summed E-state index contributed by atoms with van der Waals surface area (Å²) in [6.45, 7) is 3.34. The topological polar surface area (TPSA) is 21.3 Å². The number of rotatable bonds is 7. The Morgan fingerprint density at radius 2 is 2.00 bits per heavy atom. The average molecular weight is 267 g/mol. The Morgan fingerprint density at radius 3 is 2.68 bits per heavy atom. The highest BCUT2D eigenvalue weighted by Gasteiger charge is 2.29. The highest BCUT2D eigenvalue weighted by molar-refractivity contribution is 4.84. The van der Waals surface area contributed by atoms with Crippen LogP contribution in [0.5, 0.6) is 0 Å². The van der Waals surface area contributed by atoms with Gasteiger partial charge in [0.15, 0.2) is 0 Å². The van der Waals surface area contributed by atoms with Crippen molar-refractivity contribution in [3.05, 3.63) is 0 Å². The van der Waals surface area contributed by atoms with Crippen molar-refractivity contribution in [2.24, 2.45) is 11.8 Å². The zero-order valence-corrected chi connectivity index (χ0v) is 13.0. The van der Waals surface area contributed by atoms with E-state index in [0.717, 1.165) is 24.5 Å². The Morgan fingerprint density at radius 1 is 1.11 bits per heavy atom. The third-order valence-electron chi connectivity index (χ3n) is 5.28. The largest absolute Gasteiger partial charge is 0.378 e. The van der Waals surface area contributed by atoms with Crippen LogP contribution in [-0.4, -0.2) is 25.8 Å². The standard InChI is InChI=1S/C17H33NO/c1-3-6-14-10-11-17(18-2)15(13-14)7-4-8-16-9-5-12-19-16/h14-18H,3-13H2,1-2H3. The van der Waals surface area contributed by atoms with Crippen molar-refractivity contribution < 1.29 is 4.74 Å². The lowest BCUT2D eigenvalue weighted by atomic mass is 9.74. The van der Waals surface area contributed by atoms with Gasteiger partial charge in [-0.05, 0) is 63.8 Å². The molecule has 0 amide bonds. The number of ether oxygens (including phenoxy) is 1. The van der Waals surface area contributed by atoms with E-state index >= 15 is 0 Å². The maximum absolute atomic E-state index is 5.74. The van der Waals surface area contributed by atoms with Crippen molar-refractivity contribution in [2.75, 3.05) is 13.7 Å². The van der Waals surface area contributed by atoms with Crippen LogP contribution in [0.25, 0.3) is 0 Å². The Kier molecular flexibility index (Phi) is 6.66. The van der Waals surface area contributed by atoms with E-state index in [-0.39, 0.29) is 0 Å². The van der Waals surface area contributed by atoms with Gasteiger partial charge < -0.3 is 10.1 Å². The highest BCUT2D eigenvalue weighted by Crippen LogP contribution is 2.35. The Bertz CT molecular complexity index is 237. The van der Waals surface area contributed by atoms with E-state index in [2.05, 4.69) is 19.3 Å². The molecule has 2 fully saturated rings. The van der Waals surface area contributed by atoms with Gasteiger partial charge in [0.1, 0.15) is 0 Å². The monoisotopic (exact) mass is 267 g/mol. The first kappa shape index (κ1) is 15.3. The van der Waals surface area contributed by atoms with Crippen LogP contribution in [0.1, 0.15) is 71.1 Å². The minimum atomic E-state index is 0.586. The molecule has 2 aliphatic rings. The van der Waals surface area contributed by atoms with E-state index in [1.807, 2.05) is 0 Å². The zero-order chi connectivity index (χ0) is 13.5. The van der Waals surface area contributed by atoms with Gasteiger partial charge in [0.25, 0.3) is 0 Å². The van der Waals surface area contributed by atoms with Gasteiger partial charge >= 0.3 is 0 Å². The predicted octanol–water partition coefficient (Wildman–Crippen LogP) is 4.14. The molecule has 0 bridgehead atoms. The first-order chi connectivity index (χ1) is 9.33. The SMILES string of the molecule is CCCC1CCC(NC)C(CCCC2CCCO2)C1. The van der Waals surface area contributed by atoms with Crippen molar-refractivity contribution in [1.29, 1.82) is 0 Å². The average Bonchev–Trinajstić information content (AvgIpc) is 2.93. The second kappa shape index (κ2) is 8.26. The summed E-state index contributed by atoms with van der Waals surface area (Å²) >= 11 is 0. The smallest absolute Gasteiger partial charge is 0.0576 e. The fourth-order valence-electron chi connectivity index (χ4n) is 4.21. The molecule has 0 spiro atoms. The molecular formula is C17H33NO. The molecule has 2 rings (SSSR count). The molecule has 0 aromatic rings. The summed E-state index contributed by atoms with van der Waals surface area (Å²) in [5.74, 6) is 1.92. The summed E-state index contributed by atoms with van der Waals surface area (Å²) in [4.78, 5) is 0. The summed E-state index contributed by atoms with van der Waals surface area (Å²) in [5.41, 5.74) is 0. The molecule has 1 heterocycles. The molecule has 0 aromatic heterocycles. The van der Waals surface area contributed by atoms with Crippen LogP contribution in [-0.2, 0) is 4.74 Å². The molecular weight excluding hydrogens is 234 g/mol. The van der Waals surface area contributed by atoms with Gasteiger partial charge in [-0.25, -0.2) is 0 Å². The first-order valence-electron chi connectivity index (χ1n) is 8.62. The van der Waals surface area contributed by atoms with Gasteiger partial charge in [0.05, 0.1) is 6.10 Å². The van der Waals surface area contributed by atoms with Crippen LogP contribution in [0.4, 0.5) is 0 Å². The molecule has 4 unspecified atom stereocenters. The summed E-state index contributed by atoms with van der Waals surface area (Å²) < 4.78 is 5.74. The predicted molar refractivity (Wildman–Crippen MR) is 81.4 cm³/mol. The van der Waals surface area contributed by atoms with Crippen LogP contribution in [0.3, 0.4) is 0 Å². The quantitative estimate of drug-likeness (QED) is 0.748. The molecule has 2 nitrogen and oxygen atoms in total. The zero-order valence-electron chi connectivity index (χ0n) is 13.0. The highest BCUT2D eigenvalue weighted by atomic mass is 16.5. The summed E-state index contributed by atoms with van der Waals surface area (Å²) in [5, 5.41) is 3.56. The fourth-order valence-corrected chi connectivity index (χ4v) is 4.21. The fraction of sp³-hybridized carbons (Fsp3) is 1.00. The third-order valence-corrected chi connectivity index (χ3v) is 5.28. The van der Waals surface area contributed by atoms with Gasteiger partial charge in [-0.15, -0.1) is 0 Å². The molecule has 0 radical (unpaired) electrons. The molecule has 112 valence electrons. The lowest BCUT2D eigenvalue weighted by molar-refractivity contribution is 0.0975. The molecule has 1 aliphatic heterocycles. The van der Waals surface area contributed by atoms with Gasteiger partial charge in [-0.3, -0.25) is 0 Å².